The van der Waals surface area contributed by atoms with Gasteiger partial charge in [0.1, 0.15) is 0 Å². The number of ether oxygens (including phenoxy) is 2. The maximum absolute atomic E-state index is 5.49. The predicted molar refractivity (Wildman–Crippen MR) is 84.0 cm³/mol. The minimum absolute atomic E-state index is 0.621. The van der Waals surface area contributed by atoms with Gasteiger partial charge in [-0.1, -0.05) is 12.1 Å². The Kier molecular flexibility index (Phi) is 4.66. The molecule has 0 bridgehead atoms. The molecule has 21 heavy (non-hydrogen) atoms. The fraction of sp³-hybridized carbons (Fsp3) is 0.647. The normalized spacial score (nSPS) is 20.5. The molecule has 2 fully saturated rings. The molecule has 1 aromatic rings. The molecule has 1 N–H and O–H groups in total. The third kappa shape index (κ3) is 3.50. The van der Waals surface area contributed by atoms with Gasteiger partial charge in [0.2, 0.25) is 0 Å². The first-order chi connectivity index (χ1) is 10.3. The SMILES string of the molecule is COc1cccc(CNC2CCN(C3CC3)CC2)c1OC. The van der Waals surface area contributed by atoms with E-state index in [-0.39, 0.29) is 0 Å². The minimum Gasteiger partial charge on any atom is -0.493 e. The van der Waals surface area contributed by atoms with E-state index in [9.17, 15) is 0 Å². The molecule has 0 radical (unpaired) electrons. The van der Waals surface area contributed by atoms with E-state index in [0.717, 1.165) is 24.1 Å². The number of nitrogens with zero attached hydrogens (tertiary/aromatic N) is 1. The van der Waals surface area contributed by atoms with Gasteiger partial charge in [0, 0.05) is 24.2 Å². The van der Waals surface area contributed by atoms with Gasteiger partial charge in [0.05, 0.1) is 14.2 Å². The zero-order valence-corrected chi connectivity index (χ0v) is 13.1. The lowest BCUT2D eigenvalue weighted by Crippen LogP contribution is -2.43. The van der Waals surface area contributed by atoms with E-state index in [2.05, 4.69) is 16.3 Å². The van der Waals surface area contributed by atoms with Gasteiger partial charge in [0.15, 0.2) is 11.5 Å². The van der Waals surface area contributed by atoms with Crippen molar-refractivity contribution < 1.29 is 9.47 Å². The second kappa shape index (κ2) is 6.67. The van der Waals surface area contributed by atoms with Crippen molar-refractivity contribution in [3.8, 4) is 11.5 Å². The van der Waals surface area contributed by atoms with Crippen LogP contribution in [0, 0.1) is 0 Å². The van der Waals surface area contributed by atoms with E-state index in [1.807, 2.05) is 12.1 Å². The van der Waals surface area contributed by atoms with Gasteiger partial charge in [0.25, 0.3) is 0 Å². The van der Waals surface area contributed by atoms with Crippen LogP contribution in [0.1, 0.15) is 31.2 Å². The predicted octanol–water partition coefficient (Wildman–Crippen LogP) is 2.42. The number of piperidine rings is 1. The number of likely N-dealkylation sites (tertiary alicyclic amines) is 1. The molecular formula is C17H26N2O2. The third-order valence-corrected chi connectivity index (χ3v) is 4.66. The highest BCUT2D eigenvalue weighted by atomic mass is 16.5. The molecule has 1 aliphatic heterocycles. The Bertz CT molecular complexity index is 466. The van der Waals surface area contributed by atoms with E-state index in [1.54, 1.807) is 14.2 Å². The fourth-order valence-corrected chi connectivity index (χ4v) is 3.26. The summed E-state index contributed by atoms with van der Waals surface area (Å²) in [5.41, 5.74) is 1.17. The molecule has 1 aromatic carbocycles. The first-order valence-electron chi connectivity index (χ1n) is 7.99. The molecule has 0 amide bonds. The van der Waals surface area contributed by atoms with Crippen molar-refractivity contribution in [1.82, 2.24) is 10.2 Å². The zero-order chi connectivity index (χ0) is 14.7. The maximum Gasteiger partial charge on any atom is 0.165 e. The third-order valence-electron chi connectivity index (χ3n) is 4.66. The van der Waals surface area contributed by atoms with E-state index >= 15 is 0 Å². The molecule has 0 unspecified atom stereocenters. The Hall–Kier alpha value is -1.26. The first-order valence-corrected chi connectivity index (χ1v) is 7.99. The lowest BCUT2D eigenvalue weighted by atomic mass is 10.0. The van der Waals surface area contributed by atoms with Gasteiger partial charge in [-0.15, -0.1) is 0 Å². The van der Waals surface area contributed by atoms with Crippen LogP contribution in [-0.4, -0.2) is 44.3 Å². The lowest BCUT2D eigenvalue weighted by Gasteiger charge is -2.32. The number of hydrogen-bond donors (Lipinski definition) is 1. The summed E-state index contributed by atoms with van der Waals surface area (Å²) in [6.07, 6.45) is 5.34. The van der Waals surface area contributed by atoms with Crippen LogP contribution in [0.15, 0.2) is 18.2 Å². The maximum atomic E-state index is 5.49. The second-order valence-corrected chi connectivity index (χ2v) is 6.07. The summed E-state index contributed by atoms with van der Waals surface area (Å²) in [7, 11) is 3.39. The highest BCUT2D eigenvalue weighted by Gasteiger charge is 2.31. The zero-order valence-electron chi connectivity index (χ0n) is 13.1. The summed E-state index contributed by atoms with van der Waals surface area (Å²) in [5.74, 6) is 1.66. The van der Waals surface area contributed by atoms with E-state index in [4.69, 9.17) is 9.47 Å². The topological polar surface area (TPSA) is 33.7 Å². The summed E-state index contributed by atoms with van der Waals surface area (Å²) in [4.78, 5) is 2.66. The molecule has 116 valence electrons. The number of hydrogen-bond acceptors (Lipinski definition) is 4. The standard InChI is InChI=1S/C17H26N2O2/c1-20-16-5-3-4-13(17(16)21-2)12-18-14-8-10-19(11-9-14)15-6-7-15/h3-5,14-15,18H,6-12H2,1-2H3. The summed E-state index contributed by atoms with van der Waals surface area (Å²) in [6, 6.07) is 7.60. The van der Waals surface area contributed by atoms with Gasteiger partial charge >= 0.3 is 0 Å². The van der Waals surface area contributed by atoms with Crippen molar-refractivity contribution >= 4 is 0 Å². The fourth-order valence-electron chi connectivity index (χ4n) is 3.26. The average Bonchev–Trinajstić information content (AvgIpc) is 3.37. The Morgan fingerprint density at radius 2 is 1.86 bits per heavy atom. The molecule has 0 spiro atoms. The molecule has 1 saturated carbocycles. The van der Waals surface area contributed by atoms with Crippen molar-refractivity contribution in [3.63, 3.8) is 0 Å². The van der Waals surface area contributed by atoms with Crippen LogP contribution in [0.4, 0.5) is 0 Å². The number of methoxy groups -OCH3 is 2. The molecule has 0 aromatic heterocycles. The number of para-hydroxylation sites is 1. The molecule has 3 rings (SSSR count). The van der Waals surface area contributed by atoms with E-state index in [0.29, 0.717) is 6.04 Å². The summed E-state index contributed by atoms with van der Waals surface area (Å²) in [6.45, 7) is 3.34. The van der Waals surface area contributed by atoms with Crippen molar-refractivity contribution in [2.75, 3.05) is 27.3 Å². The minimum atomic E-state index is 0.621. The van der Waals surface area contributed by atoms with Crippen LogP contribution in [0.2, 0.25) is 0 Å². The number of rotatable bonds is 6. The number of benzene rings is 1. The van der Waals surface area contributed by atoms with Gasteiger partial charge in [-0.3, -0.25) is 0 Å². The van der Waals surface area contributed by atoms with Crippen molar-refractivity contribution in [1.29, 1.82) is 0 Å². The highest BCUT2D eigenvalue weighted by Crippen LogP contribution is 2.31. The van der Waals surface area contributed by atoms with Crippen molar-refractivity contribution in [2.45, 2.75) is 44.3 Å². The van der Waals surface area contributed by atoms with Crippen molar-refractivity contribution in [2.24, 2.45) is 0 Å². The number of nitrogens with one attached hydrogen (secondary N) is 1. The Balaban J connectivity index is 1.53. The average molecular weight is 290 g/mol. The largest absolute Gasteiger partial charge is 0.493 e. The first kappa shape index (κ1) is 14.7. The van der Waals surface area contributed by atoms with Gasteiger partial charge in [-0.25, -0.2) is 0 Å². The summed E-state index contributed by atoms with van der Waals surface area (Å²) < 4.78 is 10.8. The molecule has 1 aliphatic carbocycles. The smallest absolute Gasteiger partial charge is 0.165 e. The Labute approximate surface area is 127 Å². The van der Waals surface area contributed by atoms with Crippen LogP contribution in [0.25, 0.3) is 0 Å². The summed E-state index contributed by atoms with van der Waals surface area (Å²) >= 11 is 0. The summed E-state index contributed by atoms with van der Waals surface area (Å²) in [5, 5.41) is 3.68. The lowest BCUT2D eigenvalue weighted by molar-refractivity contribution is 0.189. The van der Waals surface area contributed by atoms with Crippen LogP contribution in [0.5, 0.6) is 11.5 Å². The van der Waals surface area contributed by atoms with Crippen LogP contribution in [0.3, 0.4) is 0 Å². The molecule has 4 nitrogen and oxygen atoms in total. The van der Waals surface area contributed by atoms with Gasteiger partial charge in [-0.2, -0.15) is 0 Å². The molecule has 1 heterocycles. The van der Waals surface area contributed by atoms with Gasteiger partial charge < -0.3 is 19.7 Å². The molecule has 4 heteroatoms. The van der Waals surface area contributed by atoms with E-state index < -0.39 is 0 Å². The second-order valence-electron chi connectivity index (χ2n) is 6.07. The van der Waals surface area contributed by atoms with Crippen LogP contribution in [-0.2, 0) is 6.54 Å². The molecular weight excluding hydrogens is 264 g/mol. The molecule has 2 aliphatic rings. The highest BCUT2D eigenvalue weighted by molar-refractivity contribution is 5.46. The quantitative estimate of drug-likeness (QED) is 0.872. The Morgan fingerprint density at radius 1 is 1.10 bits per heavy atom. The molecule has 0 atom stereocenters. The van der Waals surface area contributed by atoms with Crippen LogP contribution < -0.4 is 14.8 Å². The Morgan fingerprint density at radius 3 is 2.48 bits per heavy atom. The van der Waals surface area contributed by atoms with Crippen molar-refractivity contribution in [3.05, 3.63) is 23.8 Å². The molecule has 1 saturated heterocycles. The van der Waals surface area contributed by atoms with Crippen LogP contribution >= 0.6 is 0 Å². The monoisotopic (exact) mass is 290 g/mol. The van der Waals surface area contributed by atoms with Gasteiger partial charge in [-0.05, 0) is 44.8 Å². The van der Waals surface area contributed by atoms with E-state index in [1.165, 1.54) is 44.3 Å².